The van der Waals surface area contributed by atoms with Gasteiger partial charge < -0.3 is 16.0 Å². The van der Waals surface area contributed by atoms with Gasteiger partial charge in [-0.05, 0) is 60.0 Å². The van der Waals surface area contributed by atoms with Crippen LogP contribution in [-0.4, -0.2) is 25.2 Å². The monoisotopic (exact) mass is 513 g/mol. The number of aromatic amines is 1. The van der Waals surface area contributed by atoms with Gasteiger partial charge in [-0.2, -0.15) is 0 Å². The third-order valence-corrected chi connectivity index (χ3v) is 7.09. The van der Waals surface area contributed by atoms with Gasteiger partial charge in [0.2, 0.25) is 0 Å². The molecule has 8 nitrogen and oxygen atoms in total. The predicted octanol–water partition coefficient (Wildman–Crippen LogP) is 5.49. The number of rotatable bonds is 6. The fraction of sp³-hybridized carbons (Fsp3) is 0.0968. The van der Waals surface area contributed by atoms with Crippen LogP contribution in [0.5, 0.6) is 0 Å². The highest BCUT2D eigenvalue weighted by Crippen LogP contribution is 2.26. The quantitative estimate of drug-likeness (QED) is 0.219. The van der Waals surface area contributed by atoms with Gasteiger partial charge in [0.15, 0.2) is 0 Å². The molecule has 192 valence electrons. The number of pyridine rings is 1. The van der Waals surface area contributed by atoms with Crippen LogP contribution >= 0.6 is 0 Å². The minimum absolute atomic E-state index is 0.0777. The van der Waals surface area contributed by atoms with E-state index in [2.05, 4.69) is 20.3 Å². The van der Waals surface area contributed by atoms with Crippen LogP contribution in [0, 0.1) is 19.3 Å². The van der Waals surface area contributed by atoms with Gasteiger partial charge in [-0.15, -0.1) is 0 Å². The number of fused-ring (bicyclic) bond motifs is 2. The van der Waals surface area contributed by atoms with Gasteiger partial charge in [0.05, 0.1) is 28.9 Å². The first kappa shape index (κ1) is 24.1. The van der Waals surface area contributed by atoms with Crippen LogP contribution in [-0.2, 0) is 6.54 Å². The molecule has 3 aromatic carbocycles. The fourth-order valence-electron chi connectivity index (χ4n) is 5.10. The van der Waals surface area contributed by atoms with E-state index in [0.717, 1.165) is 38.8 Å². The lowest BCUT2D eigenvalue weighted by Gasteiger charge is -2.19. The third-order valence-electron chi connectivity index (χ3n) is 7.09. The van der Waals surface area contributed by atoms with Gasteiger partial charge in [-0.25, -0.2) is 9.97 Å². The molecule has 0 aliphatic carbocycles. The lowest BCUT2D eigenvalue weighted by atomic mass is 10.0. The number of para-hydroxylation sites is 1. The maximum Gasteiger partial charge on any atom is 0.263 e. The van der Waals surface area contributed by atoms with Crippen molar-refractivity contribution in [3.05, 3.63) is 124 Å². The lowest BCUT2D eigenvalue weighted by molar-refractivity contribution is 0.883. The molecule has 0 saturated carbocycles. The summed E-state index contributed by atoms with van der Waals surface area (Å²) in [5.74, 6) is 0.627. The van der Waals surface area contributed by atoms with Crippen molar-refractivity contribution in [3.8, 4) is 5.69 Å². The van der Waals surface area contributed by atoms with E-state index in [4.69, 9.17) is 11.1 Å². The van der Waals surface area contributed by atoms with E-state index in [-0.39, 0.29) is 23.6 Å². The molecule has 3 heterocycles. The van der Waals surface area contributed by atoms with Crippen molar-refractivity contribution in [1.29, 1.82) is 5.41 Å². The number of H-pyrrole nitrogens is 1. The Labute approximate surface area is 224 Å². The van der Waals surface area contributed by atoms with Crippen molar-refractivity contribution in [2.75, 3.05) is 11.1 Å². The number of nitrogens with one attached hydrogen (secondary N) is 3. The molecule has 0 aliphatic rings. The van der Waals surface area contributed by atoms with Crippen LogP contribution in [0.1, 0.15) is 27.9 Å². The summed E-state index contributed by atoms with van der Waals surface area (Å²) in [5.41, 5.74) is 11.9. The molecule has 0 amide bonds. The van der Waals surface area contributed by atoms with E-state index >= 15 is 0 Å². The van der Waals surface area contributed by atoms with Crippen LogP contribution in [0.2, 0.25) is 0 Å². The number of hydrogen-bond donors (Lipinski definition) is 4. The zero-order chi connectivity index (χ0) is 27.1. The second-order valence-corrected chi connectivity index (χ2v) is 9.59. The summed E-state index contributed by atoms with van der Waals surface area (Å²) in [6, 6.07) is 23.5. The zero-order valence-corrected chi connectivity index (χ0v) is 21.6. The van der Waals surface area contributed by atoms with Crippen molar-refractivity contribution < 1.29 is 0 Å². The Morgan fingerprint density at radius 2 is 1.79 bits per heavy atom. The number of aryl methyl sites for hydroxylation is 2. The van der Waals surface area contributed by atoms with Gasteiger partial charge in [0.25, 0.3) is 5.56 Å². The number of hydrogen-bond acceptors (Lipinski definition) is 6. The van der Waals surface area contributed by atoms with Crippen molar-refractivity contribution in [2.24, 2.45) is 0 Å². The molecule has 0 bridgehead atoms. The largest absolute Gasteiger partial charge is 0.383 e. The highest BCUT2D eigenvalue weighted by atomic mass is 16.1. The molecule has 0 atom stereocenters. The highest BCUT2D eigenvalue weighted by Gasteiger charge is 2.19. The number of nitrogens with two attached hydrogens (primary N) is 1. The molecule has 0 unspecified atom stereocenters. The average Bonchev–Trinajstić information content (AvgIpc) is 3.40. The number of anilines is 2. The summed E-state index contributed by atoms with van der Waals surface area (Å²) < 4.78 is 1.76. The molecule has 5 N–H and O–H groups in total. The molecule has 6 rings (SSSR count). The number of nitrogen functional groups attached to an aromatic ring is 1. The van der Waals surface area contributed by atoms with Crippen LogP contribution in [0.3, 0.4) is 0 Å². The highest BCUT2D eigenvalue weighted by molar-refractivity contribution is 6.17. The number of benzene rings is 3. The fourth-order valence-corrected chi connectivity index (χ4v) is 5.10. The normalized spacial score (nSPS) is 11.2. The van der Waals surface area contributed by atoms with Crippen LogP contribution in [0.25, 0.3) is 27.4 Å². The van der Waals surface area contributed by atoms with Gasteiger partial charge in [0, 0.05) is 23.0 Å². The SMILES string of the molecule is Cc1ccccc1-n1c(CNc2ncnc(N)c2C(=N)c2ccc3cc[nH]c3c2)cc2cccc(C)c2c1=O. The molecular formula is C31H27N7O. The second-order valence-electron chi connectivity index (χ2n) is 9.59. The Morgan fingerprint density at radius 1 is 0.974 bits per heavy atom. The van der Waals surface area contributed by atoms with Crippen LogP contribution in [0.15, 0.2) is 90.1 Å². The zero-order valence-electron chi connectivity index (χ0n) is 21.6. The van der Waals surface area contributed by atoms with Gasteiger partial charge in [-0.3, -0.25) is 14.8 Å². The number of aromatic nitrogens is 4. The van der Waals surface area contributed by atoms with Gasteiger partial charge >= 0.3 is 0 Å². The second kappa shape index (κ2) is 9.57. The van der Waals surface area contributed by atoms with E-state index in [0.29, 0.717) is 22.3 Å². The Bertz CT molecular complexity index is 1950. The van der Waals surface area contributed by atoms with E-state index in [1.807, 2.05) is 92.8 Å². The van der Waals surface area contributed by atoms with E-state index in [1.54, 1.807) is 4.57 Å². The molecule has 0 fully saturated rings. The van der Waals surface area contributed by atoms with Gasteiger partial charge in [-0.1, -0.05) is 48.5 Å². The van der Waals surface area contributed by atoms with E-state index in [1.165, 1.54) is 6.33 Å². The summed E-state index contributed by atoms with van der Waals surface area (Å²) in [6.45, 7) is 4.22. The van der Waals surface area contributed by atoms with Crippen molar-refractivity contribution in [1.82, 2.24) is 19.5 Å². The van der Waals surface area contributed by atoms with Crippen LogP contribution < -0.4 is 16.6 Å². The Kier molecular flexibility index (Phi) is 5.92. The van der Waals surface area contributed by atoms with Crippen molar-refractivity contribution in [3.63, 3.8) is 0 Å². The molecule has 8 heteroatoms. The first-order chi connectivity index (χ1) is 18.9. The topological polar surface area (TPSA) is 125 Å². The van der Waals surface area contributed by atoms with Gasteiger partial charge in [0.1, 0.15) is 18.0 Å². The standard InChI is InChI=1S/C31H27N7O/c1-18-6-3-4-9-25(18)38-23(14-21-8-5-7-19(2)26(21)31(38)39)16-35-30-27(29(33)36-17-37-30)28(32)22-11-10-20-12-13-34-24(20)15-22/h3-15,17,32,34H,16H2,1-2H3,(H3,33,35,36,37). The van der Waals surface area contributed by atoms with Crippen LogP contribution in [0.4, 0.5) is 11.6 Å². The summed E-state index contributed by atoms with van der Waals surface area (Å²) in [6.07, 6.45) is 3.24. The van der Waals surface area contributed by atoms with Crippen molar-refractivity contribution in [2.45, 2.75) is 20.4 Å². The third kappa shape index (κ3) is 4.21. The molecule has 39 heavy (non-hydrogen) atoms. The lowest BCUT2D eigenvalue weighted by Crippen LogP contribution is -2.25. The molecule has 6 aromatic rings. The summed E-state index contributed by atoms with van der Waals surface area (Å²) in [4.78, 5) is 25.7. The summed E-state index contributed by atoms with van der Waals surface area (Å²) >= 11 is 0. The van der Waals surface area contributed by atoms with E-state index in [9.17, 15) is 4.79 Å². The Morgan fingerprint density at radius 3 is 2.64 bits per heavy atom. The average molecular weight is 514 g/mol. The summed E-state index contributed by atoms with van der Waals surface area (Å²) in [7, 11) is 0. The van der Waals surface area contributed by atoms with Crippen molar-refractivity contribution >= 4 is 39.0 Å². The first-order valence-electron chi connectivity index (χ1n) is 12.6. The molecule has 0 spiro atoms. The maximum absolute atomic E-state index is 13.9. The first-order valence-corrected chi connectivity index (χ1v) is 12.6. The molecule has 3 aromatic heterocycles. The Balaban J connectivity index is 1.44. The Hall–Kier alpha value is -5.24. The number of nitrogens with zero attached hydrogens (tertiary/aromatic N) is 3. The molecule has 0 radical (unpaired) electrons. The predicted molar refractivity (Wildman–Crippen MR) is 157 cm³/mol. The molecule has 0 aliphatic heterocycles. The summed E-state index contributed by atoms with van der Waals surface area (Å²) in [5, 5.41) is 14.9. The molecular weight excluding hydrogens is 486 g/mol. The minimum atomic E-state index is -0.0777. The van der Waals surface area contributed by atoms with E-state index < -0.39 is 0 Å². The molecule has 0 saturated heterocycles. The minimum Gasteiger partial charge on any atom is -0.383 e. The maximum atomic E-state index is 13.9. The smallest absolute Gasteiger partial charge is 0.263 e.